The average molecular weight is 463 g/mol. The van der Waals surface area contributed by atoms with Gasteiger partial charge in [0, 0.05) is 55.7 Å². The molecule has 2 amide bonds. The van der Waals surface area contributed by atoms with Crippen molar-refractivity contribution in [1.29, 1.82) is 0 Å². The Bertz CT molecular complexity index is 1110. The number of carbonyl (C=O) groups is 2. The lowest BCUT2D eigenvalue weighted by atomic mass is 10.1. The predicted molar refractivity (Wildman–Crippen MR) is 115 cm³/mol. The number of rotatable bonds is 6. The molecule has 0 atom stereocenters. The Morgan fingerprint density at radius 3 is 2.64 bits per heavy atom. The van der Waals surface area contributed by atoms with E-state index in [1.807, 2.05) is 13.0 Å². The number of carbonyl (C=O) groups excluding carboxylic acids is 2. The molecule has 0 radical (unpaired) electrons. The second-order valence-electron chi connectivity index (χ2n) is 7.52. The smallest absolute Gasteiger partial charge is 0.398 e. The van der Waals surface area contributed by atoms with Crippen molar-refractivity contribution in [3.63, 3.8) is 0 Å². The topological polar surface area (TPSA) is 132 Å². The Hall–Kier alpha value is -3.83. The molecule has 5 N–H and O–H groups in total. The van der Waals surface area contributed by atoms with Crippen molar-refractivity contribution < 1.29 is 22.8 Å². The van der Waals surface area contributed by atoms with E-state index in [1.54, 1.807) is 9.58 Å². The minimum atomic E-state index is -4.55. The van der Waals surface area contributed by atoms with E-state index in [1.165, 1.54) is 18.3 Å². The number of hydrogen-bond acceptors (Lipinski definition) is 6. The zero-order valence-corrected chi connectivity index (χ0v) is 17.9. The van der Waals surface area contributed by atoms with E-state index < -0.39 is 17.6 Å². The van der Waals surface area contributed by atoms with Gasteiger partial charge in [-0.2, -0.15) is 18.3 Å². The zero-order chi connectivity index (χ0) is 24.2. The number of pyridine rings is 1. The van der Waals surface area contributed by atoms with Crippen LogP contribution in [0, 0.1) is 6.92 Å². The van der Waals surface area contributed by atoms with E-state index in [9.17, 15) is 22.8 Å². The first kappa shape index (κ1) is 23.8. The summed E-state index contributed by atoms with van der Waals surface area (Å²) in [5.74, 6) is -0.0310. The summed E-state index contributed by atoms with van der Waals surface area (Å²) in [7, 11) is 0. The van der Waals surface area contributed by atoms with Gasteiger partial charge in [0.2, 0.25) is 11.8 Å². The van der Waals surface area contributed by atoms with Crippen molar-refractivity contribution in [1.82, 2.24) is 20.1 Å². The molecule has 2 aromatic heterocycles. The van der Waals surface area contributed by atoms with Gasteiger partial charge in [0.25, 0.3) is 0 Å². The third-order valence-corrected chi connectivity index (χ3v) is 4.90. The quantitative estimate of drug-likeness (QED) is 0.562. The van der Waals surface area contributed by atoms with Gasteiger partial charge in [-0.25, -0.2) is 4.68 Å². The fourth-order valence-corrected chi connectivity index (χ4v) is 3.31. The molecular weight excluding hydrogens is 439 g/mol. The Morgan fingerprint density at radius 1 is 1.15 bits per heavy atom. The van der Waals surface area contributed by atoms with Gasteiger partial charge >= 0.3 is 6.18 Å². The lowest BCUT2D eigenvalue weighted by molar-refractivity contribution is -0.137. The Kier molecular flexibility index (Phi) is 7.04. The predicted octanol–water partition coefficient (Wildman–Crippen LogP) is 2.04. The maximum absolute atomic E-state index is 12.8. The molecule has 33 heavy (non-hydrogen) atoms. The van der Waals surface area contributed by atoms with Crippen LogP contribution in [0.2, 0.25) is 0 Å². The minimum absolute atomic E-state index is 0.0158. The second-order valence-corrected chi connectivity index (χ2v) is 7.52. The molecule has 1 aliphatic rings. The maximum atomic E-state index is 12.8. The van der Waals surface area contributed by atoms with Gasteiger partial charge in [-0.05, 0) is 31.6 Å². The van der Waals surface area contributed by atoms with E-state index in [0.717, 1.165) is 24.7 Å². The fourth-order valence-electron chi connectivity index (χ4n) is 3.31. The summed E-state index contributed by atoms with van der Waals surface area (Å²) < 4.78 is 40.2. The number of allylic oxidation sites excluding steroid dienone is 2. The standard InChI is InChI=1S/C21H24F3N7O2/c1-13-9-19-30(7-2-8-31(19)29-13)20(33)6-5-18(32)28-17(26)4-3-16(25)14-10-15(12-27-11-14)21(22,23)24/h3-4,9-12H,2,5-8,25-26H2,1H3,(H,28,32)/b16-3-,17-4+. The highest BCUT2D eigenvalue weighted by atomic mass is 19.4. The molecule has 3 rings (SSSR count). The summed E-state index contributed by atoms with van der Waals surface area (Å²) in [6.07, 6.45) is 0.513. The van der Waals surface area contributed by atoms with Crippen LogP contribution in [0.4, 0.5) is 19.0 Å². The minimum Gasteiger partial charge on any atom is -0.398 e. The van der Waals surface area contributed by atoms with Crippen molar-refractivity contribution in [3.8, 4) is 0 Å². The zero-order valence-electron chi connectivity index (χ0n) is 17.9. The van der Waals surface area contributed by atoms with Gasteiger partial charge in [-0.1, -0.05) is 0 Å². The highest BCUT2D eigenvalue weighted by molar-refractivity contribution is 5.95. The normalized spacial score (nSPS) is 14.7. The van der Waals surface area contributed by atoms with E-state index in [4.69, 9.17) is 11.5 Å². The second kappa shape index (κ2) is 9.76. The largest absolute Gasteiger partial charge is 0.417 e. The first-order chi connectivity index (χ1) is 15.5. The molecule has 9 nitrogen and oxygen atoms in total. The van der Waals surface area contributed by atoms with Gasteiger partial charge in [0.05, 0.1) is 11.3 Å². The van der Waals surface area contributed by atoms with Crippen molar-refractivity contribution in [2.24, 2.45) is 11.5 Å². The van der Waals surface area contributed by atoms with Crippen molar-refractivity contribution >= 4 is 23.3 Å². The molecule has 3 heterocycles. The van der Waals surface area contributed by atoms with Crippen molar-refractivity contribution in [3.05, 3.63) is 59.3 Å². The summed E-state index contributed by atoms with van der Waals surface area (Å²) >= 11 is 0. The summed E-state index contributed by atoms with van der Waals surface area (Å²) in [4.78, 5) is 29.9. The summed E-state index contributed by atoms with van der Waals surface area (Å²) in [5, 5.41) is 6.76. The maximum Gasteiger partial charge on any atom is 0.417 e. The van der Waals surface area contributed by atoms with Gasteiger partial charge in [0.15, 0.2) is 0 Å². The van der Waals surface area contributed by atoms with E-state index >= 15 is 0 Å². The molecule has 0 aromatic carbocycles. The van der Waals surface area contributed by atoms with Gasteiger partial charge < -0.3 is 16.8 Å². The van der Waals surface area contributed by atoms with Gasteiger partial charge in [-0.3, -0.25) is 19.5 Å². The highest BCUT2D eigenvalue weighted by Crippen LogP contribution is 2.29. The molecule has 0 aliphatic carbocycles. The number of halogens is 3. The van der Waals surface area contributed by atoms with E-state index in [2.05, 4.69) is 15.4 Å². The average Bonchev–Trinajstić information content (AvgIpc) is 3.15. The van der Waals surface area contributed by atoms with Crippen LogP contribution in [-0.4, -0.2) is 33.1 Å². The van der Waals surface area contributed by atoms with Crippen LogP contribution in [0.1, 0.15) is 36.1 Å². The monoisotopic (exact) mass is 463 g/mol. The Morgan fingerprint density at radius 2 is 1.91 bits per heavy atom. The Balaban J connectivity index is 1.55. The third kappa shape index (κ3) is 6.11. The number of nitrogens with two attached hydrogens (primary N) is 2. The number of hydrogen-bond donors (Lipinski definition) is 3. The van der Waals surface area contributed by atoms with Gasteiger partial charge in [0.1, 0.15) is 11.6 Å². The lowest BCUT2D eigenvalue weighted by Crippen LogP contribution is -2.38. The fraction of sp³-hybridized carbons (Fsp3) is 0.333. The highest BCUT2D eigenvalue weighted by Gasteiger charge is 2.31. The van der Waals surface area contributed by atoms with Crippen LogP contribution >= 0.6 is 0 Å². The van der Waals surface area contributed by atoms with Crippen molar-refractivity contribution in [2.75, 3.05) is 11.4 Å². The molecule has 0 saturated carbocycles. The van der Waals surface area contributed by atoms with Crippen molar-refractivity contribution in [2.45, 2.75) is 38.9 Å². The first-order valence-electron chi connectivity index (χ1n) is 10.1. The summed E-state index contributed by atoms with van der Waals surface area (Å²) in [6, 6.07) is 2.69. The molecule has 0 bridgehead atoms. The summed E-state index contributed by atoms with van der Waals surface area (Å²) in [6.45, 7) is 3.14. The number of alkyl halides is 3. The molecule has 0 saturated heterocycles. The number of aryl methyl sites for hydroxylation is 2. The molecule has 1 aliphatic heterocycles. The molecule has 0 fully saturated rings. The number of amides is 2. The van der Waals surface area contributed by atoms with Crippen LogP contribution in [0.3, 0.4) is 0 Å². The van der Waals surface area contributed by atoms with E-state index in [-0.39, 0.29) is 35.8 Å². The molecule has 0 unspecified atom stereocenters. The van der Waals surface area contributed by atoms with Crippen LogP contribution < -0.4 is 21.7 Å². The molecular formula is C21H24F3N7O2. The van der Waals surface area contributed by atoms with Gasteiger partial charge in [-0.15, -0.1) is 0 Å². The number of aromatic nitrogens is 3. The molecule has 2 aromatic rings. The van der Waals surface area contributed by atoms with E-state index in [0.29, 0.717) is 18.6 Å². The third-order valence-electron chi connectivity index (χ3n) is 4.90. The van der Waals surface area contributed by atoms with Crippen LogP contribution in [-0.2, 0) is 22.3 Å². The van der Waals surface area contributed by atoms with Crippen LogP contribution in [0.15, 0.2) is 42.5 Å². The molecule has 12 heteroatoms. The number of anilines is 1. The molecule has 176 valence electrons. The summed E-state index contributed by atoms with van der Waals surface area (Å²) in [5.41, 5.74) is 11.5. The number of nitrogens with one attached hydrogen (secondary N) is 1. The Labute approximate surface area is 187 Å². The number of nitrogens with zero attached hydrogens (tertiary/aromatic N) is 4. The first-order valence-corrected chi connectivity index (χ1v) is 10.1. The van der Waals surface area contributed by atoms with Crippen LogP contribution in [0.5, 0.6) is 0 Å². The molecule has 0 spiro atoms. The van der Waals surface area contributed by atoms with Crippen LogP contribution in [0.25, 0.3) is 5.70 Å². The SMILES string of the molecule is Cc1cc2n(n1)CCCN2C(=O)CCC(=O)N/C(N)=C/C=C(\N)c1cncc(C(F)(F)F)c1. The number of fused-ring (bicyclic) bond motifs is 1. The lowest BCUT2D eigenvalue weighted by Gasteiger charge is -2.27.